The Balaban J connectivity index is 1.41. The summed E-state index contributed by atoms with van der Waals surface area (Å²) in [5, 5.41) is -0.0864. The van der Waals surface area contributed by atoms with Crippen LogP contribution in [0, 0.1) is 0 Å². The summed E-state index contributed by atoms with van der Waals surface area (Å²) in [6.45, 7) is 0.767. The van der Waals surface area contributed by atoms with Crippen molar-refractivity contribution in [3.05, 3.63) is 66.0 Å². The van der Waals surface area contributed by atoms with Crippen LogP contribution in [-0.2, 0) is 11.3 Å². The van der Waals surface area contributed by atoms with Gasteiger partial charge in [0.25, 0.3) is 0 Å². The third kappa shape index (κ3) is 3.22. The molecule has 1 fully saturated rings. The van der Waals surface area contributed by atoms with E-state index in [1.165, 1.54) is 0 Å². The van der Waals surface area contributed by atoms with Crippen LogP contribution in [0.3, 0.4) is 0 Å². The van der Waals surface area contributed by atoms with Gasteiger partial charge in [-0.3, -0.25) is 4.79 Å². The minimum atomic E-state index is -0.0864. The molecule has 0 saturated carbocycles. The van der Waals surface area contributed by atoms with E-state index in [4.69, 9.17) is 9.47 Å². The topological polar surface area (TPSA) is 67.5 Å². The monoisotopic (exact) mass is 393 g/mol. The van der Waals surface area contributed by atoms with Gasteiger partial charge in [0.2, 0.25) is 12.7 Å². The number of aromatic amines is 1. The number of hydrogen-bond donors (Lipinski definition) is 1. The highest BCUT2D eigenvalue weighted by molar-refractivity contribution is 7.99. The molecule has 0 aliphatic carbocycles. The van der Waals surface area contributed by atoms with Crippen LogP contribution >= 0.6 is 11.8 Å². The zero-order chi connectivity index (χ0) is 18.9. The summed E-state index contributed by atoms with van der Waals surface area (Å²) in [5.74, 6) is 3.26. The minimum Gasteiger partial charge on any atom is -0.454 e. The zero-order valence-electron chi connectivity index (χ0n) is 15.1. The standard InChI is InChI=1S/C21H19N3O3S/c25-19-8-9-28-21(16-11-22-20(23-16)15-4-2-1-3-5-15)24(19)12-14-6-7-17-18(10-14)27-13-26-17/h1-7,10-11,21H,8-9,12-13H2,(H,22,23). The van der Waals surface area contributed by atoms with Crippen LogP contribution in [0.4, 0.5) is 0 Å². The number of rotatable bonds is 4. The predicted octanol–water partition coefficient (Wildman–Crippen LogP) is 3.97. The molecule has 0 bridgehead atoms. The molecule has 2 aliphatic heterocycles. The molecule has 5 rings (SSSR count). The number of H-pyrrole nitrogens is 1. The highest BCUT2D eigenvalue weighted by Gasteiger charge is 2.31. The molecule has 6 nitrogen and oxygen atoms in total. The van der Waals surface area contributed by atoms with E-state index in [0.29, 0.717) is 13.0 Å². The summed E-state index contributed by atoms with van der Waals surface area (Å²) in [5.41, 5.74) is 2.99. The molecule has 3 aromatic rings. The largest absolute Gasteiger partial charge is 0.454 e. The van der Waals surface area contributed by atoms with Gasteiger partial charge in [-0.05, 0) is 17.7 Å². The van der Waals surface area contributed by atoms with Crippen molar-refractivity contribution < 1.29 is 14.3 Å². The van der Waals surface area contributed by atoms with Crippen molar-refractivity contribution in [3.63, 3.8) is 0 Å². The van der Waals surface area contributed by atoms with Crippen LogP contribution in [0.5, 0.6) is 11.5 Å². The number of nitrogens with zero attached hydrogens (tertiary/aromatic N) is 2. The lowest BCUT2D eigenvalue weighted by Crippen LogP contribution is -2.36. The SMILES string of the molecule is O=C1CCSC(c2cnc(-c3ccccc3)[nH]2)N1Cc1ccc2c(c1)OCO2. The van der Waals surface area contributed by atoms with E-state index in [0.717, 1.165) is 39.9 Å². The number of imidazole rings is 1. The van der Waals surface area contributed by atoms with Gasteiger partial charge in [0.15, 0.2) is 11.5 Å². The average molecular weight is 393 g/mol. The number of aromatic nitrogens is 2. The molecule has 0 radical (unpaired) electrons. The Hall–Kier alpha value is -2.93. The highest BCUT2D eigenvalue weighted by atomic mass is 32.2. The van der Waals surface area contributed by atoms with Gasteiger partial charge >= 0.3 is 0 Å². The minimum absolute atomic E-state index is 0.0864. The lowest BCUT2D eigenvalue weighted by Gasteiger charge is -2.34. The summed E-state index contributed by atoms with van der Waals surface area (Å²) in [6, 6.07) is 15.8. The molecular weight excluding hydrogens is 374 g/mol. The normalized spacial score (nSPS) is 18.5. The number of benzene rings is 2. The fraction of sp³-hybridized carbons (Fsp3) is 0.238. The Labute approximate surface area is 166 Å². The first-order valence-electron chi connectivity index (χ1n) is 9.18. The van der Waals surface area contributed by atoms with Crippen LogP contribution in [0.25, 0.3) is 11.4 Å². The molecule has 1 amide bonds. The number of amides is 1. The van der Waals surface area contributed by atoms with E-state index >= 15 is 0 Å². The van der Waals surface area contributed by atoms with Crippen molar-refractivity contribution in [2.24, 2.45) is 0 Å². The Morgan fingerprint density at radius 3 is 2.89 bits per heavy atom. The van der Waals surface area contributed by atoms with Gasteiger partial charge in [0.1, 0.15) is 11.2 Å². The smallest absolute Gasteiger partial charge is 0.231 e. The number of hydrogen-bond acceptors (Lipinski definition) is 5. The second kappa shape index (κ2) is 7.24. The number of fused-ring (bicyclic) bond motifs is 1. The van der Waals surface area contributed by atoms with Gasteiger partial charge < -0.3 is 19.4 Å². The van der Waals surface area contributed by atoms with Crippen molar-refractivity contribution in [2.75, 3.05) is 12.5 Å². The van der Waals surface area contributed by atoms with Gasteiger partial charge in [-0.1, -0.05) is 36.4 Å². The van der Waals surface area contributed by atoms with Crippen LogP contribution in [0.2, 0.25) is 0 Å². The molecular formula is C21H19N3O3S. The second-order valence-electron chi connectivity index (χ2n) is 6.74. The van der Waals surface area contributed by atoms with Crippen molar-refractivity contribution in [1.82, 2.24) is 14.9 Å². The summed E-state index contributed by atoms with van der Waals surface area (Å²) in [7, 11) is 0. The molecule has 1 saturated heterocycles. The molecule has 2 aliphatic rings. The van der Waals surface area contributed by atoms with Gasteiger partial charge in [-0.25, -0.2) is 4.98 Å². The van der Waals surface area contributed by atoms with Crippen LogP contribution in [0.1, 0.15) is 23.1 Å². The van der Waals surface area contributed by atoms with Crippen molar-refractivity contribution in [2.45, 2.75) is 18.3 Å². The van der Waals surface area contributed by atoms with Crippen molar-refractivity contribution in [3.8, 4) is 22.9 Å². The Kier molecular flexibility index (Phi) is 4.44. The average Bonchev–Trinajstić information content (AvgIpc) is 3.39. The highest BCUT2D eigenvalue weighted by Crippen LogP contribution is 2.39. The van der Waals surface area contributed by atoms with Gasteiger partial charge in [0.05, 0.1) is 11.9 Å². The fourth-order valence-corrected chi connectivity index (χ4v) is 4.68. The maximum atomic E-state index is 12.7. The zero-order valence-corrected chi connectivity index (χ0v) is 15.9. The van der Waals surface area contributed by atoms with Gasteiger partial charge in [-0.15, -0.1) is 11.8 Å². The molecule has 142 valence electrons. The van der Waals surface area contributed by atoms with E-state index in [2.05, 4.69) is 9.97 Å². The molecule has 3 heterocycles. The van der Waals surface area contributed by atoms with E-state index in [9.17, 15) is 4.79 Å². The van der Waals surface area contributed by atoms with Gasteiger partial charge in [0, 0.05) is 24.3 Å². The lowest BCUT2D eigenvalue weighted by atomic mass is 10.1. The maximum absolute atomic E-state index is 12.7. The second-order valence-corrected chi connectivity index (χ2v) is 7.92. The maximum Gasteiger partial charge on any atom is 0.231 e. The Bertz CT molecular complexity index is 1010. The van der Waals surface area contributed by atoms with Crippen molar-refractivity contribution >= 4 is 17.7 Å². The van der Waals surface area contributed by atoms with E-state index in [1.54, 1.807) is 11.8 Å². The van der Waals surface area contributed by atoms with E-state index in [-0.39, 0.29) is 18.1 Å². The third-order valence-electron chi connectivity index (χ3n) is 4.89. The van der Waals surface area contributed by atoms with Crippen LogP contribution in [-0.4, -0.2) is 33.3 Å². The Morgan fingerprint density at radius 2 is 2.00 bits per heavy atom. The lowest BCUT2D eigenvalue weighted by molar-refractivity contribution is -0.132. The quantitative estimate of drug-likeness (QED) is 0.726. The first-order valence-corrected chi connectivity index (χ1v) is 10.2. The molecule has 1 N–H and O–H groups in total. The fourth-order valence-electron chi connectivity index (χ4n) is 3.49. The van der Waals surface area contributed by atoms with Crippen LogP contribution < -0.4 is 9.47 Å². The summed E-state index contributed by atoms with van der Waals surface area (Å²) < 4.78 is 10.9. The number of ether oxygens (including phenoxy) is 2. The summed E-state index contributed by atoms with van der Waals surface area (Å²) >= 11 is 1.76. The van der Waals surface area contributed by atoms with Crippen molar-refractivity contribution in [1.29, 1.82) is 0 Å². The Morgan fingerprint density at radius 1 is 1.14 bits per heavy atom. The number of thioether (sulfide) groups is 1. The predicted molar refractivity (Wildman–Crippen MR) is 107 cm³/mol. The van der Waals surface area contributed by atoms with E-state index in [1.807, 2.05) is 59.6 Å². The molecule has 2 aromatic carbocycles. The first kappa shape index (κ1) is 17.2. The molecule has 1 aromatic heterocycles. The number of carbonyl (C=O) groups is 1. The van der Waals surface area contributed by atoms with Gasteiger partial charge in [-0.2, -0.15) is 0 Å². The molecule has 0 spiro atoms. The summed E-state index contributed by atoms with van der Waals surface area (Å²) in [6.07, 6.45) is 2.39. The first-order chi connectivity index (χ1) is 13.8. The van der Waals surface area contributed by atoms with E-state index < -0.39 is 0 Å². The number of carbonyl (C=O) groups excluding carboxylic acids is 1. The number of nitrogens with one attached hydrogen (secondary N) is 1. The molecule has 28 heavy (non-hydrogen) atoms. The molecule has 1 atom stereocenters. The molecule has 1 unspecified atom stereocenters. The van der Waals surface area contributed by atoms with Crippen LogP contribution in [0.15, 0.2) is 54.7 Å². The summed E-state index contributed by atoms with van der Waals surface area (Å²) in [4.78, 5) is 22.6. The third-order valence-corrected chi connectivity index (χ3v) is 6.16. The molecule has 7 heteroatoms.